The van der Waals surface area contributed by atoms with Gasteiger partial charge in [0.25, 0.3) is 0 Å². The summed E-state index contributed by atoms with van der Waals surface area (Å²) < 4.78 is 5.63. The van der Waals surface area contributed by atoms with Crippen LogP contribution in [0.1, 0.15) is 49.3 Å². The van der Waals surface area contributed by atoms with Crippen LogP contribution in [0.15, 0.2) is 22.8 Å². The van der Waals surface area contributed by atoms with Gasteiger partial charge in [-0.05, 0) is 60.4 Å². The highest BCUT2D eigenvalue weighted by molar-refractivity contribution is 7.99. The molecule has 0 aliphatic carbocycles. The molecular weight excluding hydrogens is 350 g/mol. The molecule has 2 N–H and O–H groups in total. The Bertz CT molecular complexity index is 834. The van der Waals surface area contributed by atoms with Crippen LogP contribution in [-0.2, 0) is 16.0 Å². The second kappa shape index (κ2) is 7.35. The average Bonchev–Trinajstić information content (AvgIpc) is 2.96. The van der Waals surface area contributed by atoms with Crippen molar-refractivity contribution in [1.29, 1.82) is 0 Å². The van der Waals surface area contributed by atoms with Crippen LogP contribution in [0.5, 0.6) is 0 Å². The van der Waals surface area contributed by atoms with Gasteiger partial charge in [-0.25, -0.2) is 4.79 Å². The van der Waals surface area contributed by atoms with E-state index in [0.29, 0.717) is 18.8 Å². The zero-order valence-corrected chi connectivity index (χ0v) is 16.2. The van der Waals surface area contributed by atoms with E-state index in [9.17, 15) is 14.7 Å². The lowest BCUT2D eigenvalue weighted by Crippen LogP contribution is -2.56. The summed E-state index contributed by atoms with van der Waals surface area (Å²) in [7, 11) is 0. The van der Waals surface area contributed by atoms with E-state index < -0.39 is 11.5 Å². The molecule has 6 heteroatoms. The molecule has 26 heavy (non-hydrogen) atoms. The van der Waals surface area contributed by atoms with Crippen molar-refractivity contribution < 1.29 is 19.1 Å². The fraction of sp³-hybridized carbons (Fsp3) is 0.500. The van der Waals surface area contributed by atoms with Crippen LogP contribution in [-0.4, -0.2) is 34.0 Å². The van der Waals surface area contributed by atoms with Crippen LogP contribution < -0.4 is 5.32 Å². The molecule has 0 saturated carbocycles. The van der Waals surface area contributed by atoms with Crippen molar-refractivity contribution in [2.24, 2.45) is 0 Å². The second-order valence-corrected chi connectivity index (χ2v) is 8.57. The minimum atomic E-state index is -1.14. The van der Waals surface area contributed by atoms with Gasteiger partial charge in [0.1, 0.15) is 11.1 Å². The molecule has 1 aromatic carbocycles. The van der Waals surface area contributed by atoms with E-state index in [1.807, 2.05) is 6.07 Å². The maximum Gasteiger partial charge on any atom is 0.329 e. The molecular formula is C20H25NO4S. The number of aryl methyl sites for hydroxylation is 1. The number of amides is 1. The summed E-state index contributed by atoms with van der Waals surface area (Å²) in [5.41, 5.74) is 2.82. The van der Waals surface area contributed by atoms with Crippen LogP contribution in [0.3, 0.4) is 0 Å². The summed E-state index contributed by atoms with van der Waals surface area (Å²) in [5, 5.41) is 13.3. The molecule has 3 rings (SSSR count). The van der Waals surface area contributed by atoms with Crippen LogP contribution in [0.25, 0.3) is 11.0 Å². The number of hydrogen-bond donors (Lipinski definition) is 2. The van der Waals surface area contributed by atoms with Gasteiger partial charge in [0, 0.05) is 10.9 Å². The number of carbonyl (C=O) groups excluding carboxylic acids is 1. The molecule has 2 heterocycles. The maximum atomic E-state index is 12.6. The zero-order valence-electron chi connectivity index (χ0n) is 15.4. The highest BCUT2D eigenvalue weighted by atomic mass is 32.2. The zero-order chi connectivity index (χ0) is 18.9. The number of carboxylic acids is 1. The summed E-state index contributed by atoms with van der Waals surface area (Å²) in [6, 6.07) is 4.09. The molecule has 1 amide bonds. The number of rotatable bonds is 5. The van der Waals surface area contributed by atoms with Gasteiger partial charge < -0.3 is 14.8 Å². The van der Waals surface area contributed by atoms with E-state index >= 15 is 0 Å². The van der Waals surface area contributed by atoms with Crippen molar-refractivity contribution in [3.05, 3.63) is 35.1 Å². The molecule has 0 spiro atoms. The Kier molecular flexibility index (Phi) is 5.32. The molecule has 0 atom stereocenters. The van der Waals surface area contributed by atoms with E-state index in [1.54, 1.807) is 18.0 Å². The van der Waals surface area contributed by atoms with Gasteiger partial charge in [-0.1, -0.05) is 13.8 Å². The molecule has 1 aliphatic heterocycles. The quantitative estimate of drug-likeness (QED) is 0.829. The highest BCUT2D eigenvalue weighted by Gasteiger charge is 2.41. The standard InChI is InChI=1S/C20H25NO4S/c1-12(2)15-10-16-14(11-25-17(16)8-13(15)3)9-18(22)21-20(19(23)24)4-6-26-7-5-20/h8,10-12H,4-7,9H2,1-3H3,(H,21,22)(H,23,24). The predicted molar refractivity (Wildman–Crippen MR) is 104 cm³/mol. The molecule has 140 valence electrons. The Labute approximate surface area is 157 Å². The van der Waals surface area contributed by atoms with Crippen molar-refractivity contribution >= 4 is 34.6 Å². The number of thioether (sulfide) groups is 1. The summed E-state index contributed by atoms with van der Waals surface area (Å²) in [6.45, 7) is 6.33. The first-order chi connectivity index (χ1) is 12.3. The van der Waals surface area contributed by atoms with Gasteiger partial charge in [0.2, 0.25) is 5.91 Å². The third-order valence-electron chi connectivity index (χ3n) is 5.15. The number of carboxylic acid groups (broad SMARTS) is 1. The maximum absolute atomic E-state index is 12.6. The first-order valence-electron chi connectivity index (χ1n) is 8.95. The third-order valence-corrected chi connectivity index (χ3v) is 6.14. The van der Waals surface area contributed by atoms with Crippen molar-refractivity contribution in [2.45, 2.75) is 51.5 Å². The number of aliphatic carboxylic acids is 1. The van der Waals surface area contributed by atoms with Crippen LogP contribution in [0.2, 0.25) is 0 Å². The Morgan fingerprint density at radius 2 is 2.00 bits per heavy atom. The van der Waals surface area contributed by atoms with Gasteiger partial charge in [0.15, 0.2) is 0 Å². The molecule has 0 unspecified atom stereocenters. The Balaban J connectivity index is 1.83. The van der Waals surface area contributed by atoms with E-state index in [0.717, 1.165) is 28.0 Å². The topological polar surface area (TPSA) is 79.5 Å². The first kappa shape index (κ1) is 18.8. The Morgan fingerprint density at radius 1 is 1.31 bits per heavy atom. The van der Waals surface area contributed by atoms with Crippen LogP contribution >= 0.6 is 11.8 Å². The largest absolute Gasteiger partial charge is 0.480 e. The lowest BCUT2D eigenvalue weighted by molar-refractivity contribution is -0.148. The molecule has 0 bridgehead atoms. The smallest absolute Gasteiger partial charge is 0.329 e. The predicted octanol–water partition coefficient (Wildman–Crippen LogP) is 3.87. The molecule has 5 nitrogen and oxygen atoms in total. The Hall–Kier alpha value is -1.95. The summed E-state index contributed by atoms with van der Waals surface area (Å²) >= 11 is 1.72. The van der Waals surface area contributed by atoms with Gasteiger partial charge in [0.05, 0.1) is 12.7 Å². The number of fused-ring (bicyclic) bond motifs is 1. The van der Waals surface area contributed by atoms with Crippen LogP contribution in [0, 0.1) is 6.92 Å². The minimum absolute atomic E-state index is 0.121. The van der Waals surface area contributed by atoms with E-state index in [2.05, 4.69) is 32.2 Å². The van der Waals surface area contributed by atoms with Crippen LogP contribution in [0.4, 0.5) is 0 Å². The second-order valence-electron chi connectivity index (χ2n) is 7.35. The molecule has 1 aromatic heterocycles. The lowest BCUT2D eigenvalue weighted by Gasteiger charge is -2.33. The molecule has 1 saturated heterocycles. The number of benzene rings is 1. The minimum Gasteiger partial charge on any atom is -0.480 e. The molecule has 1 fully saturated rings. The SMILES string of the molecule is Cc1cc2occ(CC(=O)NC3(C(=O)O)CCSCC3)c2cc1C(C)C. The first-order valence-corrected chi connectivity index (χ1v) is 10.1. The van der Waals surface area contributed by atoms with Gasteiger partial charge in [-0.15, -0.1) is 0 Å². The van der Waals surface area contributed by atoms with Crippen molar-refractivity contribution in [3.63, 3.8) is 0 Å². The lowest BCUT2D eigenvalue weighted by atomic mass is 9.91. The summed E-state index contributed by atoms with van der Waals surface area (Å²) in [6.07, 6.45) is 2.65. The fourth-order valence-electron chi connectivity index (χ4n) is 3.60. The van der Waals surface area contributed by atoms with Gasteiger partial charge in [-0.3, -0.25) is 4.79 Å². The van der Waals surface area contributed by atoms with Crippen molar-refractivity contribution in [3.8, 4) is 0 Å². The monoisotopic (exact) mass is 375 g/mol. The number of nitrogens with one attached hydrogen (secondary N) is 1. The Morgan fingerprint density at radius 3 is 2.62 bits per heavy atom. The molecule has 1 aliphatic rings. The number of carbonyl (C=O) groups is 2. The number of furan rings is 1. The molecule has 0 radical (unpaired) electrons. The summed E-state index contributed by atoms with van der Waals surface area (Å²) in [5.74, 6) is 0.664. The average molecular weight is 375 g/mol. The van der Waals surface area contributed by atoms with E-state index in [4.69, 9.17) is 4.42 Å². The van der Waals surface area contributed by atoms with Gasteiger partial charge in [-0.2, -0.15) is 11.8 Å². The fourth-order valence-corrected chi connectivity index (χ4v) is 4.79. The van der Waals surface area contributed by atoms with E-state index in [-0.39, 0.29) is 12.3 Å². The molecule has 2 aromatic rings. The summed E-state index contributed by atoms with van der Waals surface area (Å²) in [4.78, 5) is 24.3. The normalized spacial score (nSPS) is 16.8. The van der Waals surface area contributed by atoms with Crippen molar-refractivity contribution in [2.75, 3.05) is 11.5 Å². The van der Waals surface area contributed by atoms with E-state index in [1.165, 1.54) is 11.1 Å². The third kappa shape index (κ3) is 3.61. The van der Waals surface area contributed by atoms with Crippen molar-refractivity contribution in [1.82, 2.24) is 5.32 Å². The highest BCUT2D eigenvalue weighted by Crippen LogP contribution is 2.30. The number of hydrogen-bond acceptors (Lipinski definition) is 4. The van der Waals surface area contributed by atoms with Gasteiger partial charge >= 0.3 is 5.97 Å².